The molecule has 0 radical (unpaired) electrons. The zero-order valence-corrected chi connectivity index (χ0v) is 12.9. The number of nitrogens with zero attached hydrogens (tertiary/aromatic N) is 1. The molecule has 0 spiro atoms. The van der Waals surface area contributed by atoms with E-state index < -0.39 is 0 Å². The molecule has 4 nitrogen and oxygen atoms in total. The Labute approximate surface area is 121 Å². The van der Waals surface area contributed by atoms with Crippen molar-refractivity contribution >= 4 is 0 Å². The molecule has 1 heterocycles. The molecule has 0 bridgehead atoms. The van der Waals surface area contributed by atoms with Gasteiger partial charge in [-0.05, 0) is 23.6 Å². The minimum Gasteiger partial charge on any atom is -0.493 e. The number of morpholine rings is 1. The standard InChI is InChI=1S/C16H25NO3/c1-12(2)16-11-17(7-8-20-16)10-13-5-6-14(18-3)15(9-13)19-4/h5-6,9,12,16H,7-8,10-11H2,1-4H3/t16-/m0/s1. The molecule has 20 heavy (non-hydrogen) atoms. The van der Waals surface area contributed by atoms with Crippen molar-refractivity contribution in [3.05, 3.63) is 23.8 Å². The highest BCUT2D eigenvalue weighted by Crippen LogP contribution is 2.28. The van der Waals surface area contributed by atoms with Gasteiger partial charge in [0.2, 0.25) is 0 Å². The summed E-state index contributed by atoms with van der Waals surface area (Å²) in [5.41, 5.74) is 1.24. The second-order valence-corrected chi connectivity index (χ2v) is 5.58. The summed E-state index contributed by atoms with van der Waals surface area (Å²) in [6, 6.07) is 6.12. The van der Waals surface area contributed by atoms with Crippen molar-refractivity contribution in [2.75, 3.05) is 33.9 Å². The van der Waals surface area contributed by atoms with Crippen molar-refractivity contribution in [3.63, 3.8) is 0 Å². The van der Waals surface area contributed by atoms with E-state index in [1.807, 2.05) is 6.07 Å². The summed E-state index contributed by atoms with van der Waals surface area (Å²) in [4.78, 5) is 2.44. The maximum Gasteiger partial charge on any atom is 0.161 e. The molecular weight excluding hydrogens is 254 g/mol. The van der Waals surface area contributed by atoms with Crippen molar-refractivity contribution in [2.45, 2.75) is 26.5 Å². The average Bonchev–Trinajstić information content (AvgIpc) is 2.47. The zero-order valence-electron chi connectivity index (χ0n) is 12.9. The fraction of sp³-hybridized carbons (Fsp3) is 0.625. The van der Waals surface area contributed by atoms with Gasteiger partial charge in [-0.2, -0.15) is 0 Å². The molecule has 0 N–H and O–H groups in total. The smallest absolute Gasteiger partial charge is 0.161 e. The van der Waals surface area contributed by atoms with Gasteiger partial charge in [0, 0.05) is 19.6 Å². The van der Waals surface area contributed by atoms with Crippen molar-refractivity contribution in [2.24, 2.45) is 5.92 Å². The van der Waals surface area contributed by atoms with Gasteiger partial charge in [0.15, 0.2) is 11.5 Å². The van der Waals surface area contributed by atoms with E-state index >= 15 is 0 Å². The maximum atomic E-state index is 5.80. The largest absolute Gasteiger partial charge is 0.493 e. The van der Waals surface area contributed by atoms with E-state index in [9.17, 15) is 0 Å². The monoisotopic (exact) mass is 279 g/mol. The van der Waals surface area contributed by atoms with E-state index in [0.717, 1.165) is 37.7 Å². The van der Waals surface area contributed by atoms with Crippen LogP contribution in [0.25, 0.3) is 0 Å². The van der Waals surface area contributed by atoms with E-state index in [2.05, 4.69) is 30.9 Å². The molecule has 1 aliphatic heterocycles. The predicted octanol–water partition coefficient (Wildman–Crippen LogP) is 2.56. The molecule has 1 aromatic rings. The molecular formula is C16H25NO3. The highest BCUT2D eigenvalue weighted by atomic mass is 16.5. The quantitative estimate of drug-likeness (QED) is 0.829. The van der Waals surface area contributed by atoms with Crippen LogP contribution in [0.4, 0.5) is 0 Å². The van der Waals surface area contributed by atoms with Gasteiger partial charge in [0.25, 0.3) is 0 Å². The van der Waals surface area contributed by atoms with Gasteiger partial charge in [0.1, 0.15) is 0 Å². The third-order valence-electron chi connectivity index (χ3n) is 3.78. The van der Waals surface area contributed by atoms with Crippen LogP contribution in [-0.4, -0.2) is 44.9 Å². The van der Waals surface area contributed by atoms with Crippen LogP contribution in [-0.2, 0) is 11.3 Å². The van der Waals surface area contributed by atoms with Crippen LogP contribution in [0.5, 0.6) is 11.5 Å². The fourth-order valence-corrected chi connectivity index (χ4v) is 2.52. The number of hydrogen-bond acceptors (Lipinski definition) is 4. The van der Waals surface area contributed by atoms with Gasteiger partial charge in [-0.1, -0.05) is 19.9 Å². The number of benzene rings is 1. The lowest BCUT2D eigenvalue weighted by atomic mass is 10.1. The van der Waals surface area contributed by atoms with Gasteiger partial charge >= 0.3 is 0 Å². The molecule has 0 amide bonds. The molecule has 0 aliphatic carbocycles. The third-order valence-corrected chi connectivity index (χ3v) is 3.78. The van der Waals surface area contributed by atoms with Crippen LogP contribution in [0, 0.1) is 5.92 Å². The Morgan fingerprint density at radius 2 is 2.00 bits per heavy atom. The fourth-order valence-electron chi connectivity index (χ4n) is 2.52. The van der Waals surface area contributed by atoms with Crippen molar-refractivity contribution in [3.8, 4) is 11.5 Å². The first-order valence-electron chi connectivity index (χ1n) is 7.19. The lowest BCUT2D eigenvalue weighted by Gasteiger charge is -2.35. The molecule has 0 saturated carbocycles. The lowest BCUT2D eigenvalue weighted by Crippen LogP contribution is -2.44. The average molecular weight is 279 g/mol. The summed E-state index contributed by atoms with van der Waals surface area (Å²) >= 11 is 0. The van der Waals surface area contributed by atoms with E-state index in [0.29, 0.717) is 12.0 Å². The van der Waals surface area contributed by atoms with Gasteiger partial charge in [-0.3, -0.25) is 4.90 Å². The summed E-state index contributed by atoms with van der Waals surface area (Å²) in [5, 5.41) is 0. The molecule has 1 aromatic carbocycles. The molecule has 1 fully saturated rings. The van der Waals surface area contributed by atoms with Gasteiger partial charge in [-0.25, -0.2) is 0 Å². The van der Waals surface area contributed by atoms with Crippen molar-refractivity contribution in [1.29, 1.82) is 0 Å². The highest BCUT2D eigenvalue weighted by molar-refractivity contribution is 5.42. The minimum atomic E-state index is 0.337. The molecule has 1 saturated heterocycles. The van der Waals surface area contributed by atoms with Crippen LogP contribution in [0.3, 0.4) is 0 Å². The normalized spacial score (nSPS) is 20.1. The third kappa shape index (κ3) is 3.64. The van der Waals surface area contributed by atoms with E-state index in [1.165, 1.54) is 5.56 Å². The Kier molecular flexibility index (Phi) is 5.26. The number of hydrogen-bond donors (Lipinski definition) is 0. The summed E-state index contributed by atoms with van der Waals surface area (Å²) in [5.74, 6) is 2.13. The van der Waals surface area contributed by atoms with Crippen molar-refractivity contribution < 1.29 is 14.2 Å². The number of methoxy groups -OCH3 is 2. The molecule has 0 unspecified atom stereocenters. The minimum absolute atomic E-state index is 0.337. The lowest BCUT2D eigenvalue weighted by molar-refractivity contribution is -0.0529. The Morgan fingerprint density at radius 3 is 2.65 bits per heavy atom. The molecule has 0 aromatic heterocycles. The zero-order chi connectivity index (χ0) is 14.5. The highest BCUT2D eigenvalue weighted by Gasteiger charge is 2.23. The number of ether oxygens (including phenoxy) is 3. The maximum absolute atomic E-state index is 5.80. The van der Waals surface area contributed by atoms with E-state index in [1.54, 1.807) is 14.2 Å². The Hall–Kier alpha value is -1.26. The van der Waals surface area contributed by atoms with Crippen LogP contribution < -0.4 is 9.47 Å². The van der Waals surface area contributed by atoms with Crippen molar-refractivity contribution in [1.82, 2.24) is 4.90 Å². The molecule has 112 valence electrons. The first kappa shape index (κ1) is 15.1. The Bertz CT molecular complexity index is 434. The van der Waals surface area contributed by atoms with Gasteiger partial charge < -0.3 is 14.2 Å². The van der Waals surface area contributed by atoms with Crippen LogP contribution in [0.15, 0.2) is 18.2 Å². The topological polar surface area (TPSA) is 30.9 Å². The van der Waals surface area contributed by atoms with Gasteiger partial charge in [0.05, 0.1) is 26.9 Å². The second kappa shape index (κ2) is 6.95. The Morgan fingerprint density at radius 1 is 1.25 bits per heavy atom. The van der Waals surface area contributed by atoms with E-state index in [-0.39, 0.29) is 0 Å². The first-order valence-corrected chi connectivity index (χ1v) is 7.19. The Balaban J connectivity index is 2.02. The predicted molar refractivity (Wildman–Crippen MR) is 79.4 cm³/mol. The number of rotatable bonds is 5. The molecule has 4 heteroatoms. The summed E-state index contributed by atoms with van der Waals surface area (Å²) < 4.78 is 16.4. The summed E-state index contributed by atoms with van der Waals surface area (Å²) in [6.45, 7) is 8.14. The summed E-state index contributed by atoms with van der Waals surface area (Å²) in [6.07, 6.45) is 0.337. The second-order valence-electron chi connectivity index (χ2n) is 5.58. The van der Waals surface area contributed by atoms with Crippen LogP contribution >= 0.6 is 0 Å². The van der Waals surface area contributed by atoms with E-state index in [4.69, 9.17) is 14.2 Å². The SMILES string of the molecule is COc1ccc(CN2CCO[C@H](C(C)C)C2)cc1OC. The first-order chi connectivity index (χ1) is 9.63. The van der Waals surface area contributed by atoms with Gasteiger partial charge in [-0.15, -0.1) is 0 Å². The summed E-state index contributed by atoms with van der Waals surface area (Å²) in [7, 11) is 3.33. The molecule has 2 rings (SSSR count). The van der Waals surface area contributed by atoms with Crippen LogP contribution in [0.1, 0.15) is 19.4 Å². The molecule has 1 aliphatic rings. The molecule has 1 atom stereocenters. The van der Waals surface area contributed by atoms with Crippen LogP contribution in [0.2, 0.25) is 0 Å².